The Morgan fingerprint density at radius 2 is 2.22 bits per heavy atom. The van der Waals surface area contributed by atoms with Crippen LogP contribution in [0, 0.1) is 11.7 Å². The van der Waals surface area contributed by atoms with Crippen LogP contribution in [0.4, 0.5) is 4.39 Å². The largest absolute Gasteiger partial charge is 0.496 e. The van der Waals surface area contributed by atoms with Crippen molar-refractivity contribution >= 4 is 9.84 Å². The van der Waals surface area contributed by atoms with Crippen LogP contribution in [0.1, 0.15) is 18.0 Å². The van der Waals surface area contributed by atoms with Crippen molar-refractivity contribution in [2.75, 3.05) is 18.6 Å². The van der Waals surface area contributed by atoms with Gasteiger partial charge in [0.1, 0.15) is 11.6 Å². The maximum absolute atomic E-state index is 13.3. The lowest BCUT2D eigenvalue weighted by Crippen LogP contribution is -2.23. The van der Waals surface area contributed by atoms with E-state index in [2.05, 4.69) is 0 Å². The number of halogens is 1. The van der Waals surface area contributed by atoms with Gasteiger partial charge in [0.05, 0.1) is 18.6 Å². The molecule has 0 aromatic heterocycles. The van der Waals surface area contributed by atoms with Crippen molar-refractivity contribution in [1.29, 1.82) is 0 Å². The van der Waals surface area contributed by atoms with Crippen molar-refractivity contribution in [3.8, 4) is 5.75 Å². The molecule has 0 aliphatic carbocycles. The van der Waals surface area contributed by atoms with E-state index in [1.165, 1.54) is 25.3 Å². The molecule has 0 amide bonds. The molecule has 6 heteroatoms. The highest BCUT2D eigenvalue weighted by molar-refractivity contribution is 7.91. The molecule has 0 radical (unpaired) electrons. The minimum absolute atomic E-state index is 0.0633. The quantitative estimate of drug-likeness (QED) is 0.900. The third kappa shape index (κ3) is 2.64. The van der Waals surface area contributed by atoms with Crippen LogP contribution in [0.3, 0.4) is 0 Å². The van der Waals surface area contributed by atoms with Crippen molar-refractivity contribution in [3.05, 3.63) is 29.6 Å². The van der Waals surface area contributed by atoms with Crippen molar-refractivity contribution in [2.24, 2.45) is 11.7 Å². The summed E-state index contributed by atoms with van der Waals surface area (Å²) in [5, 5.41) is 0. The Kier molecular flexibility index (Phi) is 3.59. The van der Waals surface area contributed by atoms with Gasteiger partial charge in [0.25, 0.3) is 0 Å². The normalized spacial score (nSPS) is 23.8. The number of nitrogens with two attached hydrogens (primary N) is 1. The lowest BCUT2D eigenvalue weighted by Gasteiger charge is -2.20. The minimum atomic E-state index is -2.99. The zero-order valence-electron chi connectivity index (χ0n) is 10.1. The summed E-state index contributed by atoms with van der Waals surface area (Å²) in [5.74, 6) is 0.137. The van der Waals surface area contributed by atoms with Gasteiger partial charge < -0.3 is 10.5 Å². The highest BCUT2D eigenvalue weighted by Gasteiger charge is 2.33. The van der Waals surface area contributed by atoms with E-state index in [9.17, 15) is 12.8 Å². The lowest BCUT2D eigenvalue weighted by molar-refractivity contribution is 0.390. The first-order chi connectivity index (χ1) is 8.43. The molecule has 0 saturated carbocycles. The second-order valence-corrected chi connectivity index (χ2v) is 6.80. The molecule has 2 atom stereocenters. The molecule has 1 fully saturated rings. The summed E-state index contributed by atoms with van der Waals surface area (Å²) in [6.45, 7) is 0. The second-order valence-electron chi connectivity index (χ2n) is 4.58. The number of benzene rings is 1. The van der Waals surface area contributed by atoms with Gasteiger partial charge in [0.15, 0.2) is 9.84 Å². The topological polar surface area (TPSA) is 69.4 Å². The predicted octanol–water partition coefficient (Wildman–Crippen LogP) is 1.27. The Bertz CT molecular complexity index is 544. The summed E-state index contributed by atoms with van der Waals surface area (Å²) < 4.78 is 41.3. The Labute approximate surface area is 106 Å². The van der Waals surface area contributed by atoms with E-state index in [4.69, 9.17) is 10.5 Å². The lowest BCUT2D eigenvalue weighted by atomic mass is 9.92. The van der Waals surface area contributed by atoms with Crippen LogP contribution in [-0.4, -0.2) is 27.0 Å². The Hall–Kier alpha value is -1.14. The first-order valence-electron chi connectivity index (χ1n) is 5.72. The van der Waals surface area contributed by atoms with E-state index >= 15 is 0 Å². The molecule has 0 spiro atoms. The summed E-state index contributed by atoms with van der Waals surface area (Å²) in [7, 11) is -1.51. The zero-order chi connectivity index (χ0) is 13.3. The molecular weight excluding hydrogens is 257 g/mol. The number of methoxy groups -OCH3 is 1. The number of hydrogen-bond acceptors (Lipinski definition) is 4. The monoisotopic (exact) mass is 273 g/mol. The van der Waals surface area contributed by atoms with Crippen LogP contribution < -0.4 is 10.5 Å². The van der Waals surface area contributed by atoms with Gasteiger partial charge in [-0.25, -0.2) is 12.8 Å². The van der Waals surface area contributed by atoms with Crippen molar-refractivity contribution < 1.29 is 17.5 Å². The van der Waals surface area contributed by atoms with Gasteiger partial charge in [0, 0.05) is 11.6 Å². The van der Waals surface area contributed by atoms with Crippen LogP contribution in [0.25, 0.3) is 0 Å². The average molecular weight is 273 g/mol. The summed E-state index contributed by atoms with van der Waals surface area (Å²) in [5.41, 5.74) is 6.58. The molecule has 1 aromatic rings. The van der Waals surface area contributed by atoms with Crippen LogP contribution in [0.5, 0.6) is 5.75 Å². The van der Waals surface area contributed by atoms with E-state index < -0.39 is 21.7 Å². The standard InChI is InChI=1S/C12H16FNO3S/c1-17-11-3-2-9(13)6-10(11)12(14)8-4-5-18(15,16)7-8/h2-3,6,8,12H,4-5,7,14H2,1H3. The Balaban J connectivity index is 2.28. The maximum atomic E-state index is 13.3. The van der Waals surface area contributed by atoms with E-state index in [1.54, 1.807) is 0 Å². The molecule has 100 valence electrons. The fourth-order valence-electron chi connectivity index (χ4n) is 2.33. The molecule has 1 heterocycles. The molecule has 1 aliphatic heterocycles. The third-order valence-electron chi connectivity index (χ3n) is 3.33. The van der Waals surface area contributed by atoms with Gasteiger partial charge in [-0.15, -0.1) is 0 Å². The average Bonchev–Trinajstić information content (AvgIpc) is 2.68. The molecular formula is C12H16FNO3S. The summed E-state index contributed by atoms with van der Waals surface area (Å²) in [6.07, 6.45) is 0.517. The summed E-state index contributed by atoms with van der Waals surface area (Å²) in [6, 6.07) is 3.59. The molecule has 2 rings (SSSR count). The van der Waals surface area contributed by atoms with Crippen molar-refractivity contribution in [3.63, 3.8) is 0 Å². The Morgan fingerprint density at radius 3 is 2.78 bits per heavy atom. The van der Waals surface area contributed by atoms with Crippen LogP contribution in [0.2, 0.25) is 0 Å². The first-order valence-corrected chi connectivity index (χ1v) is 7.54. The van der Waals surface area contributed by atoms with E-state index in [0.717, 1.165) is 0 Å². The van der Waals surface area contributed by atoms with Gasteiger partial charge in [0.2, 0.25) is 0 Å². The molecule has 2 unspecified atom stereocenters. The van der Waals surface area contributed by atoms with Crippen LogP contribution in [-0.2, 0) is 9.84 Å². The smallest absolute Gasteiger partial charge is 0.150 e. The number of ether oxygens (including phenoxy) is 1. The summed E-state index contributed by atoms with van der Waals surface area (Å²) in [4.78, 5) is 0. The van der Waals surface area contributed by atoms with Gasteiger partial charge >= 0.3 is 0 Å². The fourth-order valence-corrected chi connectivity index (χ4v) is 4.18. The molecule has 1 aromatic carbocycles. The van der Waals surface area contributed by atoms with Gasteiger partial charge in [-0.05, 0) is 30.5 Å². The molecule has 18 heavy (non-hydrogen) atoms. The van der Waals surface area contributed by atoms with Gasteiger partial charge in [-0.2, -0.15) is 0 Å². The summed E-state index contributed by atoms with van der Waals surface area (Å²) >= 11 is 0. The predicted molar refractivity (Wildman–Crippen MR) is 66.6 cm³/mol. The molecule has 1 aliphatic rings. The SMILES string of the molecule is COc1ccc(F)cc1C(N)C1CCS(=O)(=O)C1. The second kappa shape index (κ2) is 4.85. The highest BCUT2D eigenvalue weighted by Crippen LogP contribution is 2.34. The zero-order valence-corrected chi connectivity index (χ0v) is 10.9. The molecule has 1 saturated heterocycles. The van der Waals surface area contributed by atoms with Crippen molar-refractivity contribution in [1.82, 2.24) is 0 Å². The first kappa shape index (κ1) is 13.3. The van der Waals surface area contributed by atoms with Crippen molar-refractivity contribution in [2.45, 2.75) is 12.5 Å². The van der Waals surface area contributed by atoms with E-state index in [0.29, 0.717) is 17.7 Å². The molecule has 2 N–H and O–H groups in total. The fraction of sp³-hybridized carbons (Fsp3) is 0.500. The maximum Gasteiger partial charge on any atom is 0.150 e. The minimum Gasteiger partial charge on any atom is -0.496 e. The van der Waals surface area contributed by atoms with E-state index in [1.807, 2.05) is 0 Å². The van der Waals surface area contributed by atoms with Crippen LogP contribution in [0.15, 0.2) is 18.2 Å². The van der Waals surface area contributed by atoms with Crippen LogP contribution >= 0.6 is 0 Å². The van der Waals surface area contributed by atoms with E-state index in [-0.39, 0.29) is 17.4 Å². The third-order valence-corrected chi connectivity index (χ3v) is 5.12. The highest BCUT2D eigenvalue weighted by atomic mass is 32.2. The number of rotatable bonds is 3. The molecule has 4 nitrogen and oxygen atoms in total. The molecule has 0 bridgehead atoms. The number of sulfone groups is 1. The van der Waals surface area contributed by atoms with Gasteiger partial charge in [-0.3, -0.25) is 0 Å². The number of hydrogen-bond donors (Lipinski definition) is 1. The Morgan fingerprint density at radius 1 is 1.50 bits per heavy atom. The van der Waals surface area contributed by atoms with Gasteiger partial charge in [-0.1, -0.05) is 0 Å².